The van der Waals surface area contributed by atoms with Crippen molar-refractivity contribution < 1.29 is 4.74 Å². The molecule has 0 radical (unpaired) electrons. The van der Waals surface area contributed by atoms with Gasteiger partial charge in [-0.2, -0.15) is 0 Å². The molecule has 2 heterocycles. The van der Waals surface area contributed by atoms with Gasteiger partial charge < -0.3 is 19.4 Å². The summed E-state index contributed by atoms with van der Waals surface area (Å²) in [7, 11) is 3.92. The fraction of sp³-hybridized carbons (Fsp3) is 0.143. The van der Waals surface area contributed by atoms with E-state index in [2.05, 4.69) is 145 Å². The van der Waals surface area contributed by atoms with Gasteiger partial charge >= 0.3 is 0 Å². The number of para-hydroxylation sites is 1. The maximum atomic E-state index is 5.64. The molecule has 0 amide bonds. The van der Waals surface area contributed by atoms with Gasteiger partial charge in [0, 0.05) is 35.9 Å². The third kappa shape index (κ3) is 3.92. The minimum Gasteiger partial charge on any atom is -0.497 e. The molecule has 5 heteroatoms. The van der Waals surface area contributed by atoms with E-state index >= 15 is 0 Å². The zero-order valence-corrected chi connectivity index (χ0v) is 23.4. The van der Waals surface area contributed by atoms with Gasteiger partial charge in [-0.3, -0.25) is 0 Å². The molecule has 0 saturated heterocycles. The molecule has 196 valence electrons. The highest BCUT2D eigenvalue weighted by Crippen LogP contribution is 2.45. The van der Waals surface area contributed by atoms with Crippen molar-refractivity contribution in [2.45, 2.75) is 13.8 Å². The van der Waals surface area contributed by atoms with Crippen LogP contribution < -0.4 is 35.8 Å². The number of benzene rings is 5. The molecular formula is C35H32BN3O. The Bertz CT molecular complexity index is 1720. The van der Waals surface area contributed by atoms with Crippen molar-refractivity contribution in [2.75, 3.05) is 35.5 Å². The maximum Gasteiger partial charge on any atom is 0.246 e. The first kappa shape index (κ1) is 24.4. The van der Waals surface area contributed by atoms with E-state index in [-0.39, 0.29) is 6.71 Å². The van der Waals surface area contributed by atoms with Crippen LogP contribution in [0, 0.1) is 13.8 Å². The van der Waals surface area contributed by atoms with Crippen molar-refractivity contribution in [3.05, 3.63) is 120 Å². The normalized spacial score (nSPS) is 13.7. The van der Waals surface area contributed by atoms with Crippen molar-refractivity contribution in [1.29, 1.82) is 0 Å². The molecule has 0 unspecified atom stereocenters. The second-order valence-corrected chi connectivity index (χ2v) is 11.0. The number of fused-ring (bicyclic) bond motifs is 3. The van der Waals surface area contributed by atoms with Crippen LogP contribution in [0.1, 0.15) is 11.1 Å². The number of rotatable bonds is 4. The minimum atomic E-state index is 0.122. The molecule has 0 saturated carbocycles. The largest absolute Gasteiger partial charge is 0.497 e. The fourth-order valence-corrected chi connectivity index (χ4v) is 6.36. The molecule has 5 aromatic rings. The van der Waals surface area contributed by atoms with Gasteiger partial charge in [0.2, 0.25) is 6.71 Å². The van der Waals surface area contributed by atoms with Gasteiger partial charge in [-0.25, -0.2) is 0 Å². The average molecular weight is 521 g/mol. The Kier molecular flexibility index (Phi) is 5.81. The Hall–Kier alpha value is -4.64. The first-order chi connectivity index (χ1) is 19.5. The summed E-state index contributed by atoms with van der Waals surface area (Å²) >= 11 is 0. The molecule has 2 aliphatic rings. The highest BCUT2D eigenvalue weighted by Gasteiger charge is 2.38. The van der Waals surface area contributed by atoms with Crippen LogP contribution >= 0.6 is 0 Å². The molecule has 4 nitrogen and oxygen atoms in total. The third-order valence-electron chi connectivity index (χ3n) is 8.20. The lowest BCUT2D eigenvalue weighted by Crippen LogP contribution is -2.57. The van der Waals surface area contributed by atoms with E-state index in [1.54, 1.807) is 7.11 Å². The number of methoxy groups -OCH3 is 1. The van der Waals surface area contributed by atoms with Crippen molar-refractivity contribution in [3.8, 4) is 5.75 Å². The SMILES string of the molecule is COc1cc(C)cc(N2CN(C)c3cc4c(cc32)B(c2ccccc2)c2ccc(C)cc2N4c2ccccc2)c1. The van der Waals surface area contributed by atoms with Gasteiger partial charge in [-0.15, -0.1) is 0 Å². The van der Waals surface area contributed by atoms with Gasteiger partial charge in [0.25, 0.3) is 0 Å². The van der Waals surface area contributed by atoms with E-state index in [0.29, 0.717) is 0 Å². The van der Waals surface area contributed by atoms with Crippen LogP contribution in [0.5, 0.6) is 5.75 Å². The van der Waals surface area contributed by atoms with E-state index in [4.69, 9.17) is 4.74 Å². The number of aryl methyl sites for hydroxylation is 2. The molecule has 0 aromatic heterocycles. The highest BCUT2D eigenvalue weighted by molar-refractivity contribution is 6.98. The zero-order chi connectivity index (χ0) is 27.4. The number of nitrogens with zero attached hydrogens (tertiary/aromatic N) is 3. The lowest BCUT2D eigenvalue weighted by molar-refractivity contribution is 0.414. The quantitative estimate of drug-likeness (QED) is 0.259. The highest BCUT2D eigenvalue weighted by atomic mass is 16.5. The Morgan fingerprint density at radius 1 is 0.625 bits per heavy atom. The van der Waals surface area contributed by atoms with E-state index in [0.717, 1.165) is 18.1 Å². The summed E-state index contributed by atoms with van der Waals surface area (Å²) in [6.07, 6.45) is 0. The third-order valence-corrected chi connectivity index (χ3v) is 8.20. The van der Waals surface area contributed by atoms with Gasteiger partial charge in [-0.1, -0.05) is 66.1 Å². The predicted molar refractivity (Wildman–Crippen MR) is 170 cm³/mol. The predicted octanol–water partition coefficient (Wildman–Crippen LogP) is 6.16. The topological polar surface area (TPSA) is 19.0 Å². The average Bonchev–Trinajstić information content (AvgIpc) is 3.30. The maximum absolute atomic E-state index is 5.64. The first-order valence-electron chi connectivity index (χ1n) is 13.8. The van der Waals surface area contributed by atoms with Crippen molar-refractivity contribution in [3.63, 3.8) is 0 Å². The van der Waals surface area contributed by atoms with Crippen LogP contribution in [0.4, 0.5) is 34.1 Å². The van der Waals surface area contributed by atoms with Crippen LogP contribution in [0.3, 0.4) is 0 Å². The summed E-state index contributed by atoms with van der Waals surface area (Å²) in [5.74, 6) is 0.880. The molecule has 5 aromatic carbocycles. The summed E-state index contributed by atoms with van der Waals surface area (Å²) in [6, 6.07) is 39.9. The van der Waals surface area contributed by atoms with Crippen molar-refractivity contribution in [1.82, 2.24) is 0 Å². The number of hydrogen-bond acceptors (Lipinski definition) is 4. The molecule has 7 rings (SSSR count). The smallest absolute Gasteiger partial charge is 0.246 e. The van der Waals surface area contributed by atoms with Crippen LogP contribution in [0.15, 0.2) is 109 Å². The summed E-state index contributed by atoms with van der Waals surface area (Å²) < 4.78 is 5.64. The summed E-state index contributed by atoms with van der Waals surface area (Å²) in [4.78, 5) is 7.20. The van der Waals surface area contributed by atoms with Crippen LogP contribution in [0.25, 0.3) is 0 Å². The molecule has 0 fully saturated rings. The number of anilines is 6. The van der Waals surface area contributed by atoms with Crippen molar-refractivity contribution in [2.24, 2.45) is 0 Å². The Balaban J connectivity index is 1.50. The number of ether oxygens (including phenoxy) is 1. The van der Waals surface area contributed by atoms with Crippen LogP contribution in [0.2, 0.25) is 0 Å². The molecule has 0 N–H and O–H groups in total. The van der Waals surface area contributed by atoms with Gasteiger partial charge in [0.15, 0.2) is 0 Å². The Labute approximate surface area is 237 Å². The van der Waals surface area contributed by atoms with Gasteiger partial charge in [-0.05, 0) is 78.4 Å². The Morgan fingerprint density at radius 2 is 1.35 bits per heavy atom. The Morgan fingerprint density at radius 3 is 2.10 bits per heavy atom. The van der Waals surface area contributed by atoms with E-state index in [1.807, 2.05) is 0 Å². The molecular weight excluding hydrogens is 489 g/mol. The molecule has 0 bridgehead atoms. The van der Waals surface area contributed by atoms with E-state index < -0.39 is 0 Å². The first-order valence-corrected chi connectivity index (χ1v) is 13.8. The molecule has 2 aliphatic heterocycles. The summed E-state index contributed by atoms with van der Waals surface area (Å²) in [6.45, 7) is 5.21. The van der Waals surface area contributed by atoms with E-state index in [1.165, 1.54) is 56.0 Å². The zero-order valence-electron chi connectivity index (χ0n) is 23.4. The van der Waals surface area contributed by atoms with Crippen LogP contribution in [-0.4, -0.2) is 27.5 Å². The van der Waals surface area contributed by atoms with E-state index in [9.17, 15) is 0 Å². The second kappa shape index (κ2) is 9.53. The summed E-state index contributed by atoms with van der Waals surface area (Å²) in [5.41, 5.74) is 13.6. The van der Waals surface area contributed by atoms with Crippen molar-refractivity contribution >= 4 is 57.2 Å². The number of hydrogen-bond donors (Lipinski definition) is 0. The van der Waals surface area contributed by atoms with Gasteiger partial charge in [0.1, 0.15) is 5.75 Å². The van der Waals surface area contributed by atoms with Crippen LogP contribution in [-0.2, 0) is 0 Å². The fourth-order valence-electron chi connectivity index (χ4n) is 6.36. The molecule has 0 spiro atoms. The second-order valence-electron chi connectivity index (χ2n) is 11.0. The lowest BCUT2D eigenvalue weighted by atomic mass is 9.35. The molecule has 0 aliphatic carbocycles. The standard InChI is InChI=1S/C35H32BN3O/c1-24-15-16-30-32(19-24)39(27-13-9-6-10-14-27)33-22-34-35(21-31(33)36(30)26-11-7-5-8-12-26)38(23-37(34)3)28-17-25(2)18-29(20-28)40-4/h5-22H,23H2,1-4H3. The minimum absolute atomic E-state index is 0.122. The monoisotopic (exact) mass is 521 g/mol. The van der Waals surface area contributed by atoms with Gasteiger partial charge in [0.05, 0.1) is 25.2 Å². The summed E-state index contributed by atoms with van der Waals surface area (Å²) in [5, 5.41) is 0. The molecule has 0 atom stereocenters. The lowest BCUT2D eigenvalue weighted by Gasteiger charge is -2.38. The molecule has 40 heavy (non-hydrogen) atoms.